The number of carbonyl (C=O) groups excluding carboxylic acids is 2. The van der Waals surface area contributed by atoms with Gasteiger partial charge in [-0.25, -0.2) is 4.39 Å². The maximum Gasteiger partial charge on any atom is 0.259 e. The molecule has 4 aliphatic rings. The lowest BCUT2D eigenvalue weighted by Gasteiger charge is -2.51. The summed E-state index contributed by atoms with van der Waals surface area (Å²) in [6, 6.07) is 18.1. The van der Waals surface area contributed by atoms with Gasteiger partial charge in [-0.15, -0.1) is 0 Å². The van der Waals surface area contributed by atoms with Crippen molar-refractivity contribution in [3.8, 4) is 0 Å². The lowest BCUT2D eigenvalue weighted by Crippen LogP contribution is -2.57. The SMILES string of the molecule is Cc1ccc(F)cc1C(=O)Nc1ccc(C(=O)N2C[C@@H]3C4CCC(CC4)N3Cc3ccccc32)c(Cl)c1. The topological polar surface area (TPSA) is 52.7 Å². The number of hydrogen-bond donors (Lipinski definition) is 1. The number of para-hydroxylation sites is 1. The number of hydrogen-bond acceptors (Lipinski definition) is 3. The number of benzene rings is 3. The van der Waals surface area contributed by atoms with Crippen LogP contribution in [0.1, 0.15) is 57.5 Å². The molecule has 37 heavy (non-hydrogen) atoms. The molecule has 1 aliphatic carbocycles. The second kappa shape index (κ2) is 9.58. The highest BCUT2D eigenvalue weighted by Gasteiger charge is 2.45. The minimum atomic E-state index is -0.475. The van der Waals surface area contributed by atoms with Crippen LogP contribution in [-0.4, -0.2) is 35.3 Å². The monoisotopic (exact) mass is 517 g/mol. The van der Waals surface area contributed by atoms with Crippen LogP contribution in [0.4, 0.5) is 15.8 Å². The lowest BCUT2D eigenvalue weighted by atomic mass is 9.74. The Labute approximate surface area is 221 Å². The Kier molecular flexibility index (Phi) is 6.25. The average Bonchev–Trinajstić information content (AvgIpc) is 3.09. The third kappa shape index (κ3) is 4.42. The van der Waals surface area contributed by atoms with Crippen LogP contribution in [0.5, 0.6) is 0 Å². The minimum absolute atomic E-state index is 0.139. The van der Waals surface area contributed by atoms with E-state index in [0.29, 0.717) is 41.4 Å². The molecule has 2 bridgehead atoms. The minimum Gasteiger partial charge on any atom is -0.322 e. The van der Waals surface area contributed by atoms with Crippen LogP contribution in [0.2, 0.25) is 5.02 Å². The molecule has 3 heterocycles. The molecule has 2 amide bonds. The van der Waals surface area contributed by atoms with Crippen molar-refractivity contribution in [3.63, 3.8) is 0 Å². The van der Waals surface area contributed by atoms with Crippen molar-refractivity contribution in [1.29, 1.82) is 0 Å². The normalized spacial score (nSPS) is 22.7. The van der Waals surface area contributed by atoms with Gasteiger partial charge in [0.2, 0.25) is 0 Å². The zero-order chi connectivity index (χ0) is 25.7. The standard InChI is InChI=1S/C30H29ClFN3O2/c1-18-6-9-21(32)14-25(18)29(36)33-22-10-13-24(26(31)15-22)30(37)35-17-28-19-7-11-23(12-8-19)34(28)16-20-4-2-3-5-27(20)35/h2-6,9-10,13-15,19,23,28H,7-8,11-12,16-17H2,1H3,(H,33,36)/t19?,23?,28-/m1/s1. The molecule has 1 atom stereocenters. The van der Waals surface area contributed by atoms with Crippen LogP contribution in [0.15, 0.2) is 60.7 Å². The molecule has 3 aromatic rings. The van der Waals surface area contributed by atoms with Gasteiger partial charge in [-0.1, -0.05) is 35.9 Å². The number of rotatable bonds is 3. The number of amides is 2. The number of piperidine rings is 2. The molecular formula is C30H29ClFN3O2. The summed E-state index contributed by atoms with van der Waals surface area (Å²) in [5.41, 5.74) is 3.87. The highest BCUT2D eigenvalue weighted by molar-refractivity contribution is 6.35. The van der Waals surface area contributed by atoms with Gasteiger partial charge in [0, 0.05) is 42.1 Å². The van der Waals surface area contributed by atoms with Crippen LogP contribution in [0, 0.1) is 18.7 Å². The molecule has 3 aromatic carbocycles. The number of carbonyl (C=O) groups is 2. The Bertz CT molecular complexity index is 1380. The summed E-state index contributed by atoms with van der Waals surface area (Å²) < 4.78 is 13.7. The predicted molar refractivity (Wildman–Crippen MR) is 144 cm³/mol. The highest BCUT2D eigenvalue weighted by Crippen LogP contribution is 2.44. The molecule has 1 N–H and O–H groups in total. The Hall–Kier alpha value is -3.22. The zero-order valence-electron chi connectivity index (χ0n) is 20.7. The van der Waals surface area contributed by atoms with Gasteiger partial charge in [0.1, 0.15) is 5.82 Å². The molecule has 7 heteroatoms. The third-order valence-electron chi connectivity index (χ3n) is 8.33. The number of halogens is 2. The predicted octanol–water partition coefficient (Wildman–Crippen LogP) is 6.44. The Morgan fingerprint density at radius 1 is 0.973 bits per heavy atom. The molecule has 2 saturated heterocycles. The van der Waals surface area contributed by atoms with Crippen LogP contribution < -0.4 is 10.2 Å². The molecule has 3 fully saturated rings. The molecule has 5 nitrogen and oxygen atoms in total. The molecule has 0 radical (unpaired) electrons. The van der Waals surface area contributed by atoms with Crippen LogP contribution in [0.25, 0.3) is 0 Å². The van der Waals surface area contributed by atoms with Gasteiger partial charge in [-0.2, -0.15) is 0 Å². The highest BCUT2D eigenvalue weighted by atomic mass is 35.5. The molecular weight excluding hydrogens is 489 g/mol. The number of fused-ring (bicyclic) bond motifs is 3. The first-order chi connectivity index (χ1) is 17.9. The van der Waals surface area contributed by atoms with Crippen molar-refractivity contribution in [2.45, 2.75) is 51.2 Å². The van der Waals surface area contributed by atoms with Gasteiger partial charge in [0.25, 0.3) is 11.8 Å². The smallest absolute Gasteiger partial charge is 0.259 e. The second-order valence-electron chi connectivity index (χ2n) is 10.5. The molecule has 0 spiro atoms. The summed E-state index contributed by atoms with van der Waals surface area (Å²) in [5, 5.41) is 3.04. The van der Waals surface area contributed by atoms with E-state index in [4.69, 9.17) is 11.6 Å². The fraction of sp³-hybridized carbons (Fsp3) is 0.333. The van der Waals surface area contributed by atoms with Crippen LogP contribution >= 0.6 is 11.6 Å². The molecule has 3 aliphatic heterocycles. The second-order valence-corrected chi connectivity index (χ2v) is 10.9. The van der Waals surface area contributed by atoms with Gasteiger partial charge in [-0.05, 0) is 86.1 Å². The van der Waals surface area contributed by atoms with Gasteiger partial charge >= 0.3 is 0 Å². The molecule has 1 saturated carbocycles. The molecule has 190 valence electrons. The first kappa shape index (κ1) is 24.1. The Morgan fingerprint density at radius 3 is 2.54 bits per heavy atom. The van der Waals surface area contributed by atoms with Gasteiger partial charge in [0.15, 0.2) is 0 Å². The maximum absolute atomic E-state index is 13.9. The van der Waals surface area contributed by atoms with Crippen molar-refractivity contribution in [3.05, 3.63) is 93.8 Å². The van der Waals surface area contributed by atoms with E-state index in [0.717, 1.165) is 17.8 Å². The molecule has 7 rings (SSSR count). The molecule has 0 aromatic heterocycles. The first-order valence-corrected chi connectivity index (χ1v) is 13.3. The van der Waals surface area contributed by atoms with Crippen molar-refractivity contribution in [2.24, 2.45) is 5.92 Å². The quantitative estimate of drug-likeness (QED) is 0.435. The zero-order valence-corrected chi connectivity index (χ0v) is 21.5. The van der Waals surface area contributed by atoms with Crippen molar-refractivity contribution in [2.75, 3.05) is 16.8 Å². The Balaban J connectivity index is 1.28. The summed E-state index contributed by atoms with van der Waals surface area (Å²) in [5.74, 6) is -0.438. The van der Waals surface area contributed by atoms with E-state index in [2.05, 4.69) is 16.3 Å². The van der Waals surface area contributed by atoms with Crippen LogP contribution in [0.3, 0.4) is 0 Å². The van der Waals surface area contributed by atoms with Gasteiger partial charge in [-0.3, -0.25) is 14.5 Å². The fourth-order valence-corrected chi connectivity index (χ4v) is 6.65. The van der Waals surface area contributed by atoms with E-state index in [1.165, 1.54) is 37.8 Å². The maximum atomic E-state index is 13.9. The average molecular weight is 518 g/mol. The lowest BCUT2D eigenvalue weighted by molar-refractivity contribution is -0.0121. The van der Waals surface area contributed by atoms with Crippen molar-refractivity contribution in [1.82, 2.24) is 4.90 Å². The van der Waals surface area contributed by atoms with Crippen LogP contribution in [-0.2, 0) is 6.54 Å². The van der Waals surface area contributed by atoms with E-state index in [1.54, 1.807) is 31.2 Å². The van der Waals surface area contributed by atoms with E-state index >= 15 is 0 Å². The van der Waals surface area contributed by atoms with E-state index in [1.807, 2.05) is 23.1 Å². The summed E-state index contributed by atoms with van der Waals surface area (Å²) in [6.07, 6.45) is 4.94. The van der Waals surface area contributed by atoms with Crippen molar-refractivity contribution < 1.29 is 14.0 Å². The van der Waals surface area contributed by atoms with E-state index in [-0.39, 0.29) is 16.5 Å². The molecule has 0 unspecified atom stereocenters. The first-order valence-electron chi connectivity index (χ1n) is 12.9. The summed E-state index contributed by atoms with van der Waals surface area (Å²) in [7, 11) is 0. The summed E-state index contributed by atoms with van der Waals surface area (Å²) >= 11 is 6.63. The number of nitrogens with one attached hydrogen (secondary N) is 1. The fourth-order valence-electron chi connectivity index (χ4n) is 6.39. The Morgan fingerprint density at radius 2 is 1.76 bits per heavy atom. The summed E-state index contributed by atoms with van der Waals surface area (Å²) in [4.78, 5) is 31.2. The van der Waals surface area contributed by atoms with Crippen molar-refractivity contribution >= 4 is 34.8 Å². The number of nitrogens with zero attached hydrogens (tertiary/aromatic N) is 2. The third-order valence-corrected chi connectivity index (χ3v) is 8.64. The number of aryl methyl sites for hydroxylation is 1. The number of anilines is 2. The van der Waals surface area contributed by atoms with E-state index < -0.39 is 11.7 Å². The summed E-state index contributed by atoms with van der Waals surface area (Å²) in [6.45, 7) is 3.26. The van der Waals surface area contributed by atoms with Gasteiger partial charge in [0.05, 0.1) is 10.6 Å². The van der Waals surface area contributed by atoms with E-state index in [9.17, 15) is 14.0 Å². The largest absolute Gasteiger partial charge is 0.322 e. The van der Waals surface area contributed by atoms with Gasteiger partial charge < -0.3 is 10.2 Å².